The van der Waals surface area contributed by atoms with E-state index >= 15 is 0 Å². The summed E-state index contributed by atoms with van der Waals surface area (Å²) in [5, 5.41) is 14.4. The minimum atomic E-state index is -0.504. The first-order chi connectivity index (χ1) is 22.7. The highest BCUT2D eigenvalue weighted by Crippen LogP contribution is 2.53. The minimum Gasteiger partial charge on any atom is -0.633 e. The average Bonchev–Trinajstić information content (AvgIpc) is 3.07. The van der Waals surface area contributed by atoms with Crippen LogP contribution in [0.15, 0.2) is 60.7 Å². The Kier molecular flexibility index (Phi) is 8.16. The third-order valence-corrected chi connectivity index (χ3v) is 10.1. The van der Waals surface area contributed by atoms with Gasteiger partial charge < -0.3 is 38.3 Å². The van der Waals surface area contributed by atoms with Crippen molar-refractivity contribution in [2.24, 2.45) is 0 Å². The monoisotopic (exact) mass is 638 g/mol. The Labute approximate surface area is 276 Å². The smallest absolute Gasteiger partial charge is 0.204 e. The molecule has 9 nitrogen and oxygen atoms in total. The van der Waals surface area contributed by atoms with E-state index in [9.17, 15) is 5.21 Å². The molecule has 4 aliphatic heterocycles. The van der Waals surface area contributed by atoms with Crippen LogP contribution >= 0.6 is 0 Å². The lowest BCUT2D eigenvalue weighted by molar-refractivity contribution is -0.894. The highest BCUT2D eigenvalue weighted by Gasteiger charge is 2.39. The molecule has 4 aliphatic rings. The number of hydroxylamine groups is 3. The van der Waals surface area contributed by atoms with Gasteiger partial charge in [0.25, 0.3) is 0 Å². The van der Waals surface area contributed by atoms with Gasteiger partial charge in [-0.05, 0) is 90.2 Å². The van der Waals surface area contributed by atoms with E-state index in [-0.39, 0.29) is 6.04 Å². The molecule has 4 aromatic rings. The Morgan fingerprint density at radius 1 is 0.745 bits per heavy atom. The zero-order chi connectivity index (χ0) is 32.9. The summed E-state index contributed by atoms with van der Waals surface area (Å²) in [5.41, 5.74) is 6.37. The number of ether oxygens (including phenoxy) is 6. The van der Waals surface area contributed by atoms with Crippen LogP contribution in [0.25, 0.3) is 0 Å². The van der Waals surface area contributed by atoms with Crippen molar-refractivity contribution in [2.75, 3.05) is 55.6 Å². The first-order valence-electron chi connectivity index (χ1n) is 16.1. The minimum absolute atomic E-state index is 0.116. The summed E-state index contributed by atoms with van der Waals surface area (Å²) in [5.74, 6) is 4.61. The van der Waals surface area contributed by atoms with Gasteiger partial charge >= 0.3 is 0 Å². The number of hydrogen-bond acceptors (Lipinski definition) is 8. The van der Waals surface area contributed by atoms with Crippen LogP contribution in [0.1, 0.15) is 45.5 Å². The Morgan fingerprint density at radius 3 is 2.17 bits per heavy atom. The molecule has 9 heteroatoms. The molecule has 0 N–H and O–H groups in total. The lowest BCUT2D eigenvalue weighted by Gasteiger charge is -2.49. The fraction of sp³-hybridized carbons (Fsp3) is 0.368. The molecule has 6 bridgehead atoms. The molecule has 3 atom stereocenters. The Balaban J connectivity index is 1.49. The van der Waals surface area contributed by atoms with Crippen molar-refractivity contribution in [3.8, 4) is 46.0 Å². The molecule has 0 radical (unpaired) electrons. The Hall–Kier alpha value is -4.44. The maximum atomic E-state index is 14.4. The summed E-state index contributed by atoms with van der Waals surface area (Å²) >= 11 is 0. The second kappa shape index (κ2) is 12.3. The number of methoxy groups -OCH3 is 4. The number of fused-ring (bicyclic) bond motifs is 2. The SMILES string of the molecule is COc1ccc2cc1Oc1ccc(cc1)CC1c3cc(c(OC)cc3CCN1C)Oc1c(OC)c(OC)cc3c1C(C2)[N+](C)([O-])CC3. The molecule has 0 fully saturated rings. The second-order valence-corrected chi connectivity index (χ2v) is 12.9. The van der Waals surface area contributed by atoms with E-state index in [0.29, 0.717) is 59.6 Å². The van der Waals surface area contributed by atoms with Crippen LogP contribution in [0.2, 0.25) is 0 Å². The van der Waals surface area contributed by atoms with Crippen LogP contribution in [0, 0.1) is 5.21 Å². The standard InChI is InChI=1S/C38H42N2O7/c1-39-15-13-25-20-32(43-4)34-22-28(25)29(39)17-23-7-10-27(11-8-23)46-33-19-24(9-12-31(33)42-3)18-30-36-26(14-16-40(30,2)41)21-35(44-5)37(45-6)38(36)47-34/h7-12,19-22,29-30H,13-18H2,1-6H3. The van der Waals surface area contributed by atoms with Crippen molar-refractivity contribution >= 4 is 0 Å². The molecule has 0 amide bonds. The summed E-state index contributed by atoms with van der Waals surface area (Å²) in [6.07, 6.45) is 2.72. The molecule has 3 unspecified atom stereocenters. The molecule has 0 saturated carbocycles. The van der Waals surface area contributed by atoms with Crippen molar-refractivity contribution in [1.82, 2.24) is 4.90 Å². The van der Waals surface area contributed by atoms with Gasteiger partial charge in [0.05, 0.1) is 47.6 Å². The van der Waals surface area contributed by atoms with Gasteiger partial charge in [-0.2, -0.15) is 0 Å². The summed E-state index contributed by atoms with van der Waals surface area (Å²) < 4.78 is 36.3. The first-order valence-corrected chi connectivity index (χ1v) is 16.1. The lowest BCUT2D eigenvalue weighted by atomic mass is 9.86. The zero-order valence-corrected chi connectivity index (χ0v) is 27.9. The quantitative estimate of drug-likeness (QED) is 0.172. The molecular formula is C38H42N2O7. The first kappa shape index (κ1) is 31.2. The zero-order valence-electron chi connectivity index (χ0n) is 27.9. The normalized spacial score (nSPS) is 21.8. The van der Waals surface area contributed by atoms with Crippen LogP contribution in [0.5, 0.6) is 46.0 Å². The maximum Gasteiger partial charge on any atom is 0.204 e. The number of likely N-dealkylation sites (N-methyl/N-ethyl adjacent to an activating group) is 2. The van der Waals surface area contributed by atoms with Crippen LogP contribution in [0.4, 0.5) is 0 Å². The van der Waals surface area contributed by atoms with Crippen molar-refractivity contribution in [3.63, 3.8) is 0 Å². The molecule has 246 valence electrons. The fourth-order valence-electron chi connectivity index (χ4n) is 7.41. The van der Waals surface area contributed by atoms with Crippen molar-refractivity contribution in [3.05, 3.63) is 99.3 Å². The van der Waals surface area contributed by atoms with E-state index in [1.165, 1.54) is 16.7 Å². The third kappa shape index (κ3) is 5.62. The summed E-state index contributed by atoms with van der Waals surface area (Å²) in [6, 6.07) is 19.9. The molecule has 47 heavy (non-hydrogen) atoms. The molecule has 0 aromatic heterocycles. The largest absolute Gasteiger partial charge is 0.633 e. The van der Waals surface area contributed by atoms with Gasteiger partial charge in [0.1, 0.15) is 11.8 Å². The third-order valence-electron chi connectivity index (χ3n) is 10.1. The average molecular weight is 639 g/mol. The van der Waals surface area contributed by atoms with Gasteiger partial charge in [-0.1, -0.05) is 18.2 Å². The van der Waals surface area contributed by atoms with E-state index < -0.39 is 10.7 Å². The van der Waals surface area contributed by atoms with Crippen molar-refractivity contribution < 1.29 is 33.1 Å². The molecule has 0 aliphatic carbocycles. The van der Waals surface area contributed by atoms with E-state index in [1.54, 1.807) is 35.5 Å². The Bertz CT molecular complexity index is 1800. The van der Waals surface area contributed by atoms with Crippen molar-refractivity contribution in [2.45, 2.75) is 37.8 Å². The van der Waals surface area contributed by atoms with Gasteiger partial charge in [-0.3, -0.25) is 4.90 Å². The Morgan fingerprint density at radius 2 is 1.45 bits per heavy atom. The molecule has 4 heterocycles. The van der Waals surface area contributed by atoms with E-state index in [4.69, 9.17) is 28.4 Å². The van der Waals surface area contributed by atoms with Crippen LogP contribution in [-0.4, -0.2) is 65.2 Å². The number of benzene rings is 4. The van der Waals surface area contributed by atoms with Gasteiger partial charge in [-0.25, -0.2) is 0 Å². The highest BCUT2D eigenvalue weighted by molar-refractivity contribution is 5.63. The van der Waals surface area contributed by atoms with Gasteiger partial charge in [0.15, 0.2) is 34.5 Å². The van der Waals surface area contributed by atoms with E-state index in [0.717, 1.165) is 41.8 Å². The molecule has 0 saturated heterocycles. The van der Waals surface area contributed by atoms with E-state index in [2.05, 4.69) is 36.2 Å². The second-order valence-electron chi connectivity index (χ2n) is 12.9. The summed E-state index contributed by atoms with van der Waals surface area (Å²) in [7, 11) is 10.4. The number of nitrogens with zero attached hydrogens (tertiary/aromatic N) is 2. The number of hydrogen-bond donors (Lipinski definition) is 0. The van der Waals surface area contributed by atoms with E-state index in [1.807, 2.05) is 36.4 Å². The van der Waals surface area contributed by atoms with Gasteiger partial charge in [-0.15, -0.1) is 0 Å². The molecular weight excluding hydrogens is 596 g/mol. The number of quaternary nitrogens is 1. The fourth-order valence-corrected chi connectivity index (χ4v) is 7.41. The van der Waals surface area contributed by atoms with Crippen LogP contribution in [-0.2, 0) is 25.7 Å². The topological polar surface area (TPSA) is 81.7 Å². The predicted octanol–water partition coefficient (Wildman–Crippen LogP) is 7.18. The van der Waals surface area contributed by atoms with Gasteiger partial charge in [0, 0.05) is 25.4 Å². The summed E-state index contributed by atoms with van der Waals surface area (Å²) in [6.45, 7) is 1.34. The summed E-state index contributed by atoms with van der Waals surface area (Å²) in [4.78, 5) is 2.39. The number of rotatable bonds is 4. The maximum absolute atomic E-state index is 14.4. The highest BCUT2D eigenvalue weighted by atomic mass is 16.6. The molecule has 0 spiro atoms. The lowest BCUT2D eigenvalue weighted by Crippen LogP contribution is -2.47. The van der Waals surface area contributed by atoms with Crippen molar-refractivity contribution in [1.29, 1.82) is 0 Å². The van der Waals surface area contributed by atoms with Crippen LogP contribution < -0.4 is 28.4 Å². The predicted molar refractivity (Wildman–Crippen MR) is 179 cm³/mol. The van der Waals surface area contributed by atoms with Crippen LogP contribution in [0.3, 0.4) is 0 Å². The molecule has 4 aromatic carbocycles. The van der Waals surface area contributed by atoms with Gasteiger partial charge in [0.2, 0.25) is 5.75 Å². The molecule has 8 rings (SSSR count).